The van der Waals surface area contributed by atoms with Gasteiger partial charge in [-0.2, -0.15) is 11.8 Å². The highest BCUT2D eigenvalue weighted by Gasteiger charge is 2.32. The maximum absolute atomic E-state index is 12.2. The predicted molar refractivity (Wildman–Crippen MR) is 150 cm³/mol. The second-order valence-electron chi connectivity index (χ2n) is 10.8. The molecule has 0 heterocycles. The van der Waals surface area contributed by atoms with Crippen molar-refractivity contribution in [1.29, 1.82) is 0 Å². The first-order valence-electron chi connectivity index (χ1n) is 13.8. The van der Waals surface area contributed by atoms with Gasteiger partial charge in [0.25, 0.3) is 0 Å². The second-order valence-corrected chi connectivity index (χ2v) is 13.4. The fraction of sp³-hybridized carbons (Fsp3) is 0.962. The van der Waals surface area contributed by atoms with E-state index in [1.54, 1.807) is 18.7 Å². The maximum atomic E-state index is 12.2. The first kappa shape index (κ1) is 34.9. The lowest BCUT2D eigenvalue weighted by Crippen LogP contribution is -2.37. The van der Waals surface area contributed by atoms with Crippen molar-refractivity contribution in [2.45, 2.75) is 110 Å². The van der Waals surface area contributed by atoms with E-state index in [1.807, 2.05) is 21.1 Å². The van der Waals surface area contributed by atoms with Crippen molar-refractivity contribution in [3.8, 4) is 0 Å². The number of amides is 1. The molecule has 7 nitrogen and oxygen atoms in total. The highest BCUT2D eigenvalue weighted by Crippen LogP contribution is 2.45. The third-order valence-electron chi connectivity index (χ3n) is 6.19. The van der Waals surface area contributed by atoms with Gasteiger partial charge >= 0.3 is 7.82 Å². The summed E-state index contributed by atoms with van der Waals surface area (Å²) >= 11 is 1.65. The van der Waals surface area contributed by atoms with E-state index in [9.17, 15) is 14.3 Å². The SMILES string of the molecule is CCCCCCCCCCCCCCCCSCC(C(N)=O)C(C)OP(=O)(O)OCC[N+](C)(C)C. The molecule has 9 heteroatoms. The molecule has 210 valence electrons. The number of hydrogen-bond donors (Lipinski definition) is 2. The number of likely N-dealkylation sites (N-methyl/N-ethyl adjacent to an activating group) is 1. The predicted octanol–water partition coefficient (Wildman–Crippen LogP) is 6.53. The molecule has 35 heavy (non-hydrogen) atoms. The van der Waals surface area contributed by atoms with Crippen molar-refractivity contribution in [2.75, 3.05) is 45.8 Å². The number of quaternary nitrogens is 1. The molecule has 0 bridgehead atoms. The van der Waals surface area contributed by atoms with Gasteiger partial charge in [0.05, 0.1) is 33.2 Å². The number of carbonyl (C=O) groups excluding carboxylic acids is 1. The van der Waals surface area contributed by atoms with Crippen LogP contribution in [0, 0.1) is 5.92 Å². The minimum atomic E-state index is -4.23. The molecule has 0 radical (unpaired) electrons. The van der Waals surface area contributed by atoms with Gasteiger partial charge in [0.2, 0.25) is 5.91 Å². The number of rotatable bonds is 25. The molecule has 0 aliphatic carbocycles. The molecular formula is C26H56N2O5PS+. The van der Waals surface area contributed by atoms with Crippen LogP contribution in [-0.4, -0.2) is 67.2 Å². The van der Waals surface area contributed by atoms with Crippen molar-refractivity contribution in [2.24, 2.45) is 11.7 Å². The maximum Gasteiger partial charge on any atom is 0.472 e. The molecule has 0 rings (SSSR count). The number of hydrogen-bond acceptors (Lipinski definition) is 5. The van der Waals surface area contributed by atoms with E-state index in [2.05, 4.69) is 6.92 Å². The van der Waals surface area contributed by atoms with Crippen molar-refractivity contribution >= 4 is 25.5 Å². The lowest BCUT2D eigenvalue weighted by atomic mass is 10.0. The zero-order valence-electron chi connectivity index (χ0n) is 23.3. The lowest BCUT2D eigenvalue weighted by molar-refractivity contribution is -0.870. The van der Waals surface area contributed by atoms with Gasteiger partial charge in [-0.15, -0.1) is 0 Å². The minimum absolute atomic E-state index is 0.0963. The topological polar surface area (TPSA) is 98.9 Å². The summed E-state index contributed by atoms with van der Waals surface area (Å²) in [6, 6.07) is 0. The molecule has 0 aliphatic rings. The van der Waals surface area contributed by atoms with E-state index in [0.29, 0.717) is 16.8 Å². The van der Waals surface area contributed by atoms with Crippen molar-refractivity contribution in [3.05, 3.63) is 0 Å². The fourth-order valence-corrected chi connectivity index (χ4v) is 6.01. The molecule has 0 saturated carbocycles. The van der Waals surface area contributed by atoms with Crippen LogP contribution in [0.1, 0.15) is 104 Å². The van der Waals surface area contributed by atoms with Gasteiger partial charge in [-0.3, -0.25) is 13.8 Å². The Labute approximate surface area is 220 Å². The molecule has 0 fully saturated rings. The Morgan fingerprint density at radius 2 is 1.37 bits per heavy atom. The lowest BCUT2D eigenvalue weighted by Gasteiger charge is -2.26. The van der Waals surface area contributed by atoms with Crippen molar-refractivity contribution < 1.29 is 27.8 Å². The number of phosphoric acid groups is 1. The number of nitrogens with two attached hydrogens (primary N) is 1. The van der Waals surface area contributed by atoms with Gasteiger partial charge in [-0.25, -0.2) is 4.57 Å². The fourth-order valence-electron chi connectivity index (χ4n) is 3.80. The van der Waals surface area contributed by atoms with E-state index in [1.165, 1.54) is 83.5 Å². The van der Waals surface area contributed by atoms with E-state index >= 15 is 0 Å². The van der Waals surface area contributed by atoms with E-state index < -0.39 is 25.8 Å². The summed E-state index contributed by atoms with van der Waals surface area (Å²) in [5.74, 6) is 0.283. The average Bonchev–Trinajstić information content (AvgIpc) is 2.74. The molecule has 0 aromatic rings. The van der Waals surface area contributed by atoms with Gasteiger partial charge in [0.15, 0.2) is 0 Å². The third kappa shape index (κ3) is 22.8. The Morgan fingerprint density at radius 1 is 0.914 bits per heavy atom. The standard InChI is InChI=1S/C26H55N2O5PS/c1-6-7-8-9-10-11-12-13-14-15-16-17-18-19-22-35-23-25(26(27)29)24(2)33-34(30,31)32-21-20-28(3,4)5/h24-25H,6-23H2,1-5H3,(H2-,27,29,30,31)/p+1. The van der Waals surface area contributed by atoms with Crippen LogP contribution in [0.3, 0.4) is 0 Å². The normalized spacial score (nSPS) is 15.6. The molecule has 0 saturated heterocycles. The summed E-state index contributed by atoms with van der Waals surface area (Å²) < 4.78 is 23.1. The summed E-state index contributed by atoms with van der Waals surface area (Å²) in [6.45, 7) is 4.53. The highest BCUT2D eigenvalue weighted by molar-refractivity contribution is 7.99. The molecule has 3 N–H and O–H groups in total. The molecule has 1 amide bonds. The minimum Gasteiger partial charge on any atom is -0.369 e. The van der Waals surface area contributed by atoms with Crippen molar-refractivity contribution in [3.63, 3.8) is 0 Å². The molecule has 0 aromatic carbocycles. The Balaban J connectivity index is 3.84. The monoisotopic (exact) mass is 539 g/mol. The molecule has 0 aliphatic heterocycles. The van der Waals surface area contributed by atoms with E-state index in [0.717, 1.165) is 12.2 Å². The van der Waals surface area contributed by atoms with Crippen LogP contribution < -0.4 is 5.73 Å². The van der Waals surface area contributed by atoms with Gasteiger partial charge in [0.1, 0.15) is 13.2 Å². The number of unbranched alkanes of at least 4 members (excludes halogenated alkanes) is 13. The number of thioether (sulfide) groups is 1. The van der Waals surface area contributed by atoms with Crippen LogP contribution in [0.25, 0.3) is 0 Å². The van der Waals surface area contributed by atoms with E-state index in [4.69, 9.17) is 14.8 Å². The van der Waals surface area contributed by atoms with Crippen molar-refractivity contribution in [1.82, 2.24) is 0 Å². The Bertz CT molecular complexity index is 574. The second kappa shape index (κ2) is 20.9. The van der Waals surface area contributed by atoms with Crippen LogP contribution in [0.15, 0.2) is 0 Å². The number of phosphoric ester groups is 1. The van der Waals surface area contributed by atoms with Crippen LogP contribution in [-0.2, 0) is 18.4 Å². The first-order chi connectivity index (χ1) is 16.5. The number of nitrogens with zero attached hydrogens (tertiary/aromatic N) is 1. The largest absolute Gasteiger partial charge is 0.472 e. The van der Waals surface area contributed by atoms with E-state index in [-0.39, 0.29) is 6.61 Å². The molecule has 3 unspecified atom stereocenters. The Morgan fingerprint density at radius 3 is 1.80 bits per heavy atom. The summed E-state index contributed by atoms with van der Waals surface area (Å²) in [7, 11) is 1.67. The van der Waals surface area contributed by atoms with Crippen LogP contribution in [0.5, 0.6) is 0 Å². The average molecular weight is 540 g/mol. The van der Waals surface area contributed by atoms with Crippen LogP contribution >= 0.6 is 19.6 Å². The zero-order valence-corrected chi connectivity index (χ0v) is 25.1. The van der Waals surface area contributed by atoms with Gasteiger partial charge < -0.3 is 15.1 Å². The first-order valence-corrected chi connectivity index (χ1v) is 16.5. The summed E-state index contributed by atoms with van der Waals surface area (Å²) in [5.41, 5.74) is 5.53. The van der Waals surface area contributed by atoms with Crippen LogP contribution in [0.2, 0.25) is 0 Å². The molecular weight excluding hydrogens is 483 g/mol. The number of primary amides is 1. The van der Waals surface area contributed by atoms with Gasteiger partial charge in [-0.1, -0.05) is 90.4 Å². The molecule has 0 aromatic heterocycles. The Hall–Kier alpha value is -0.110. The Kier molecular flexibility index (Phi) is 20.8. The van der Waals surface area contributed by atoms with Gasteiger partial charge in [0, 0.05) is 5.75 Å². The number of carbonyl (C=O) groups is 1. The van der Waals surface area contributed by atoms with Gasteiger partial charge in [-0.05, 0) is 19.1 Å². The summed E-state index contributed by atoms with van der Waals surface area (Å²) in [4.78, 5) is 21.8. The van der Waals surface area contributed by atoms with Crippen LogP contribution in [0.4, 0.5) is 0 Å². The smallest absolute Gasteiger partial charge is 0.369 e. The summed E-state index contributed by atoms with van der Waals surface area (Å²) in [5, 5.41) is 0. The molecule has 0 spiro atoms. The third-order valence-corrected chi connectivity index (χ3v) is 8.47. The molecule has 3 atom stereocenters. The quantitative estimate of drug-likeness (QED) is 0.0777. The summed E-state index contributed by atoms with van der Waals surface area (Å²) in [6.07, 6.45) is 17.9. The zero-order chi connectivity index (χ0) is 26.6. The highest BCUT2D eigenvalue weighted by atomic mass is 32.2.